The second-order valence-corrected chi connectivity index (χ2v) is 6.23. The summed E-state index contributed by atoms with van der Waals surface area (Å²) in [5, 5.41) is 9.71. The Balaban J connectivity index is 0. The van der Waals surface area contributed by atoms with Gasteiger partial charge >= 0.3 is 5.97 Å². The van der Waals surface area contributed by atoms with Crippen molar-refractivity contribution >= 4 is 11.8 Å². The fourth-order valence-corrected chi connectivity index (χ4v) is 2.01. The molecule has 1 N–H and O–H groups in total. The first-order valence-corrected chi connectivity index (χ1v) is 8.94. The number of hydrogen-bond donors (Lipinski definition) is 1. The zero-order chi connectivity index (χ0) is 18.9. The van der Waals surface area contributed by atoms with E-state index in [0.717, 1.165) is 0 Å². The molecule has 0 rings (SSSR count). The van der Waals surface area contributed by atoms with E-state index >= 15 is 0 Å². The van der Waals surface area contributed by atoms with Crippen LogP contribution in [-0.4, -0.2) is 47.1 Å². The van der Waals surface area contributed by atoms with Crippen LogP contribution in [0.1, 0.15) is 74.1 Å². The van der Waals surface area contributed by atoms with Crippen molar-refractivity contribution in [1.29, 1.82) is 0 Å². The summed E-state index contributed by atoms with van der Waals surface area (Å²) in [5.74, 6) is -1.99. The average Bonchev–Trinajstić information content (AvgIpc) is 2.57. The molecule has 0 aromatic rings. The van der Waals surface area contributed by atoms with Crippen molar-refractivity contribution in [2.45, 2.75) is 104 Å². The van der Waals surface area contributed by atoms with E-state index in [9.17, 15) is 14.7 Å². The third kappa shape index (κ3) is 7.98. The Labute approximate surface area is 171 Å². The Morgan fingerprint density at radius 2 is 1.28 bits per heavy atom. The molecule has 0 bridgehead atoms. The molecule has 0 amide bonds. The molecule has 7 heteroatoms. The average molecular weight is 438 g/mol. The summed E-state index contributed by atoms with van der Waals surface area (Å²) in [6.45, 7) is 12.7. The summed E-state index contributed by atoms with van der Waals surface area (Å²) >= 11 is 0. The van der Waals surface area contributed by atoms with Gasteiger partial charge in [0.2, 0.25) is 17.7 Å². The third-order valence-corrected chi connectivity index (χ3v) is 4.29. The van der Waals surface area contributed by atoms with E-state index < -0.39 is 23.6 Å². The van der Waals surface area contributed by atoms with Crippen LogP contribution in [0.5, 0.6) is 0 Å². The maximum Gasteiger partial charge on any atom is 0.344 e. The van der Waals surface area contributed by atoms with Crippen molar-refractivity contribution in [2.75, 3.05) is 0 Å². The minimum Gasteiger partial charge on any atom is -0.479 e. The van der Waals surface area contributed by atoms with Crippen LogP contribution in [0, 0.1) is 0 Å². The quantitative estimate of drug-likeness (QED) is 0.350. The molecule has 146 valence electrons. The fourth-order valence-electron chi connectivity index (χ4n) is 2.01. The van der Waals surface area contributed by atoms with E-state index in [2.05, 4.69) is 0 Å². The van der Waals surface area contributed by atoms with Crippen molar-refractivity contribution < 1.29 is 55.1 Å². The Morgan fingerprint density at radius 3 is 1.56 bits per heavy atom. The van der Waals surface area contributed by atoms with E-state index in [-0.39, 0.29) is 50.9 Å². The number of carboxylic acid groups (broad SMARTS) is 1. The number of carbonyl (C=O) groups excluding carboxylic acids is 1. The molecule has 4 unspecified atom stereocenters. The predicted molar refractivity (Wildman–Crippen MR) is 92.0 cm³/mol. The molecule has 0 saturated carbocycles. The van der Waals surface area contributed by atoms with Crippen molar-refractivity contribution in [3.05, 3.63) is 0 Å². The molecule has 6 nitrogen and oxygen atoms in total. The number of Topliss-reactive ketones (excluding diaryl/α,β-unsaturated/α-hetero) is 1. The number of carboxylic acids is 1. The summed E-state index contributed by atoms with van der Waals surface area (Å²) in [5.41, 5.74) is -1.96. The fraction of sp³-hybridized carbons (Fsp3) is 0.889. The molecule has 0 aliphatic rings. The third-order valence-electron chi connectivity index (χ3n) is 4.29. The maximum absolute atomic E-state index is 13.0. The van der Waals surface area contributed by atoms with Crippen LogP contribution in [0.25, 0.3) is 0 Å². The summed E-state index contributed by atoms with van der Waals surface area (Å²) in [4.78, 5) is 24.9. The minimum atomic E-state index is -1.96. The van der Waals surface area contributed by atoms with E-state index in [1.807, 2.05) is 34.6 Å². The van der Waals surface area contributed by atoms with Gasteiger partial charge in [-0.05, 0) is 46.5 Å². The van der Waals surface area contributed by atoms with Crippen molar-refractivity contribution in [3.8, 4) is 0 Å². The molecule has 0 aliphatic carbocycles. The Hall–Kier alpha value is -0.0969. The topological polar surface area (TPSA) is 82.1 Å². The second-order valence-electron chi connectivity index (χ2n) is 6.23. The smallest absolute Gasteiger partial charge is 0.344 e. The molecule has 4 atom stereocenters. The molecule has 0 aliphatic heterocycles. The van der Waals surface area contributed by atoms with Gasteiger partial charge in [0.05, 0.1) is 18.3 Å². The molecule has 0 heterocycles. The summed E-state index contributed by atoms with van der Waals surface area (Å²) in [6, 6.07) is 0. The molecule has 25 heavy (non-hydrogen) atoms. The number of ether oxygens (including phenoxy) is 3. The molecule has 0 fully saturated rings. The number of aliphatic carboxylic acids is 1. The van der Waals surface area contributed by atoms with Gasteiger partial charge in [0.25, 0.3) is 0 Å². The van der Waals surface area contributed by atoms with Gasteiger partial charge in [-0.15, -0.1) is 0 Å². The number of carbonyl (C=O) groups is 2. The minimum absolute atomic E-state index is 0. The summed E-state index contributed by atoms with van der Waals surface area (Å²) < 4.78 is 17.0. The van der Waals surface area contributed by atoms with Gasteiger partial charge in [0.1, 0.15) is 0 Å². The monoisotopic (exact) mass is 436 g/mol. The predicted octanol–water partition coefficient (Wildman–Crippen LogP) is 3.56. The van der Waals surface area contributed by atoms with Crippen LogP contribution in [0.3, 0.4) is 0 Å². The van der Waals surface area contributed by atoms with Gasteiger partial charge in [-0.3, -0.25) is 4.79 Å². The van der Waals surface area contributed by atoms with Gasteiger partial charge in [-0.2, -0.15) is 0 Å². The van der Waals surface area contributed by atoms with Crippen LogP contribution in [-0.2, 0) is 50.0 Å². The van der Waals surface area contributed by atoms with Gasteiger partial charge in [0, 0.05) is 26.2 Å². The van der Waals surface area contributed by atoms with Crippen molar-refractivity contribution in [1.82, 2.24) is 0 Å². The number of hydrogen-bond acceptors (Lipinski definition) is 5. The molecular formula is C18H34O6Zr. The van der Waals surface area contributed by atoms with E-state index in [1.165, 1.54) is 0 Å². The zero-order valence-electron chi connectivity index (χ0n) is 16.6. The van der Waals surface area contributed by atoms with Crippen LogP contribution in [0.2, 0.25) is 0 Å². The second kappa shape index (κ2) is 13.1. The van der Waals surface area contributed by atoms with Crippen molar-refractivity contribution in [3.63, 3.8) is 0 Å². The van der Waals surface area contributed by atoms with Crippen molar-refractivity contribution in [2.24, 2.45) is 0 Å². The standard InChI is InChI=1S/C18H34O6.Zr/c1-8-12(5)22-16(23-13(6)9-2)15(19)18(11-4,17(20)21)24-14(7)10-3;/h12-14,16H,8-11H2,1-7H3,(H,20,21);. The Kier molecular flexibility index (Phi) is 14.2. The van der Waals surface area contributed by atoms with Gasteiger partial charge in [-0.1, -0.05) is 27.7 Å². The number of ketones is 1. The van der Waals surface area contributed by atoms with E-state index in [4.69, 9.17) is 14.2 Å². The number of rotatable bonds is 13. The van der Waals surface area contributed by atoms with Gasteiger partial charge < -0.3 is 19.3 Å². The molecule has 0 aromatic carbocycles. The Bertz CT molecular complexity index is 391. The molecule has 0 spiro atoms. The van der Waals surface area contributed by atoms with Gasteiger partial charge in [-0.25, -0.2) is 4.79 Å². The maximum atomic E-state index is 13.0. The molecule has 0 aromatic heterocycles. The van der Waals surface area contributed by atoms with Crippen LogP contribution in [0.15, 0.2) is 0 Å². The zero-order valence-corrected chi connectivity index (χ0v) is 19.1. The first-order valence-electron chi connectivity index (χ1n) is 8.94. The molecule has 0 radical (unpaired) electrons. The van der Waals surface area contributed by atoms with E-state index in [0.29, 0.717) is 19.3 Å². The SMILES string of the molecule is CCC(C)OC(OC(C)CC)C(=O)C(CC)(OC(C)CC)C(=O)O.[Zr]. The largest absolute Gasteiger partial charge is 0.479 e. The molecular weight excluding hydrogens is 403 g/mol. The normalized spacial score (nSPS) is 18.4. The van der Waals surface area contributed by atoms with Crippen LogP contribution in [0.4, 0.5) is 0 Å². The summed E-state index contributed by atoms with van der Waals surface area (Å²) in [6.07, 6.45) is -0.0861. The van der Waals surface area contributed by atoms with E-state index in [1.54, 1.807) is 13.8 Å². The van der Waals surface area contributed by atoms with Crippen LogP contribution >= 0.6 is 0 Å². The van der Waals surface area contributed by atoms with Crippen LogP contribution < -0.4 is 0 Å². The first kappa shape index (κ1) is 27.1. The Morgan fingerprint density at radius 1 is 0.880 bits per heavy atom. The van der Waals surface area contributed by atoms with Gasteiger partial charge in [0.15, 0.2) is 0 Å². The first-order chi connectivity index (χ1) is 11.2. The molecule has 0 saturated heterocycles. The summed E-state index contributed by atoms with van der Waals surface area (Å²) in [7, 11) is 0.